The standard InChI is InChI=1S/C10H9N3OS2/c11-7-5-13-8(4-6(7)10(12)14)16-9-2-1-3-15-9/h1-5H,11H2,(H2,12,14). The normalized spacial score (nSPS) is 10.2. The molecule has 2 aromatic rings. The molecule has 0 radical (unpaired) electrons. The smallest absolute Gasteiger partial charge is 0.250 e. The predicted octanol–water partition coefficient (Wildman–Crippen LogP) is 1.98. The van der Waals surface area contributed by atoms with Crippen LogP contribution in [0.25, 0.3) is 0 Å². The molecule has 1 amide bonds. The molecule has 0 saturated heterocycles. The van der Waals surface area contributed by atoms with Crippen molar-refractivity contribution in [3.63, 3.8) is 0 Å². The van der Waals surface area contributed by atoms with Gasteiger partial charge in [0.2, 0.25) is 0 Å². The van der Waals surface area contributed by atoms with Gasteiger partial charge >= 0.3 is 0 Å². The third-order valence-corrected chi connectivity index (χ3v) is 3.85. The van der Waals surface area contributed by atoms with Crippen molar-refractivity contribution in [2.75, 3.05) is 5.73 Å². The summed E-state index contributed by atoms with van der Waals surface area (Å²) in [5.41, 5.74) is 11.4. The highest BCUT2D eigenvalue weighted by atomic mass is 32.2. The average molecular weight is 251 g/mol. The van der Waals surface area contributed by atoms with Crippen LogP contribution in [0.4, 0.5) is 5.69 Å². The fourth-order valence-corrected chi connectivity index (χ4v) is 2.84. The topological polar surface area (TPSA) is 82.0 Å². The number of nitrogens with zero attached hydrogens (tertiary/aromatic N) is 1. The van der Waals surface area contributed by atoms with Gasteiger partial charge in [0.15, 0.2) is 0 Å². The Hall–Kier alpha value is -1.53. The maximum absolute atomic E-state index is 11.1. The summed E-state index contributed by atoms with van der Waals surface area (Å²) in [4.78, 5) is 15.2. The van der Waals surface area contributed by atoms with Crippen molar-refractivity contribution in [2.45, 2.75) is 9.24 Å². The third-order valence-electron chi connectivity index (χ3n) is 1.88. The highest BCUT2D eigenvalue weighted by Gasteiger charge is 2.08. The Balaban J connectivity index is 2.29. The summed E-state index contributed by atoms with van der Waals surface area (Å²) < 4.78 is 1.10. The third kappa shape index (κ3) is 2.34. The number of nitrogen functional groups attached to an aromatic ring is 1. The minimum Gasteiger partial charge on any atom is -0.397 e. The Kier molecular flexibility index (Phi) is 3.12. The van der Waals surface area contributed by atoms with E-state index >= 15 is 0 Å². The number of hydrogen-bond acceptors (Lipinski definition) is 5. The van der Waals surface area contributed by atoms with E-state index in [1.807, 2.05) is 17.5 Å². The first-order chi connectivity index (χ1) is 7.66. The molecule has 2 heterocycles. The number of carbonyl (C=O) groups excluding carboxylic acids is 1. The number of anilines is 1. The SMILES string of the molecule is NC(=O)c1cc(Sc2cccs2)ncc1N. The molecule has 4 N–H and O–H groups in total. The summed E-state index contributed by atoms with van der Waals surface area (Å²) in [5.74, 6) is -0.534. The van der Waals surface area contributed by atoms with E-state index in [9.17, 15) is 4.79 Å². The molecule has 2 rings (SSSR count). The molecule has 0 saturated carbocycles. The van der Waals surface area contributed by atoms with Crippen molar-refractivity contribution >= 4 is 34.7 Å². The summed E-state index contributed by atoms with van der Waals surface area (Å²) in [5, 5.41) is 2.69. The van der Waals surface area contributed by atoms with Crippen LogP contribution in [0.1, 0.15) is 10.4 Å². The van der Waals surface area contributed by atoms with Gasteiger partial charge in [-0.15, -0.1) is 11.3 Å². The Labute approximate surface area is 101 Å². The number of rotatable bonds is 3. The van der Waals surface area contributed by atoms with Gasteiger partial charge in [-0.25, -0.2) is 4.98 Å². The van der Waals surface area contributed by atoms with Crippen molar-refractivity contribution in [1.29, 1.82) is 0 Å². The number of carbonyl (C=O) groups is 1. The van der Waals surface area contributed by atoms with Crippen molar-refractivity contribution in [3.8, 4) is 0 Å². The van der Waals surface area contributed by atoms with Crippen molar-refractivity contribution < 1.29 is 4.79 Å². The van der Waals surface area contributed by atoms with Gasteiger partial charge in [0.25, 0.3) is 5.91 Å². The van der Waals surface area contributed by atoms with Crippen LogP contribution >= 0.6 is 23.1 Å². The summed E-state index contributed by atoms with van der Waals surface area (Å²) in [7, 11) is 0. The van der Waals surface area contributed by atoms with E-state index in [1.54, 1.807) is 17.4 Å². The van der Waals surface area contributed by atoms with Crippen LogP contribution in [0.2, 0.25) is 0 Å². The molecule has 0 spiro atoms. The first-order valence-corrected chi connectivity index (χ1v) is 6.13. The maximum Gasteiger partial charge on any atom is 0.250 e. The second-order valence-electron chi connectivity index (χ2n) is 3.01. The summed E-state index contributed by atoms with van der Waals surface area (Å²) >= 11 is 3.09. The Bertz CT molecular complexity index is 511. The first-order valence-electron chi connectivity index (χ1n) is 4.43. The second kappa shape index (κ2) is 4.54. The van der Waals surface area contributed by atoms with Crippen molar-refractivity contribution in [2.24, 2.45) is 5.73 Å². The number of nitrogens with two attached hydrogens (primary N) is 2. The molecule has 0 aromatic carbocycles. The molecule has 0 fully saturated rings. The fraction of sp³-hybridized carbons (Fsp3) is 0. The van der Waals surface area contributed by atoms with Gasteiger partial charge in [0.05, 0.1) is 21.7 Å². The molecule has 0 bridgehead atoms. The molecule has 6 heteroatoms. The maximum atomic E-state index is 11.1. The van der Waals surface area contributed by atoms with Gasteiger partial charge in [0.1, 0.15) is 5.03 Å². The minimum atomic E-state index is -0.534. The number of thiophene rings is 1. The van der Waals surface area contributed by atoms with Crippen LogP contribution in [0.5, 0.6) is 0 Å². The summed E-state index contributed by atoms with van der Waals surface area (Å²) in [6.07, 6.45) is 1.45. The van der Waals surface area contributed by atoms with Crippen LogP contribution < -0.4 is 11.5 Å². The van der Waals surface area contributed by atoms with E-state index in [4.69, 9.17) is 11.5 Å². The molecule has 16 heavy (non-hydrogen) atoms. The van der Waals surface area contributed by atoms with Crippen molar-refractivity contribution in [1.82, 2.24) is 4.98 Å². The van der Waals surface area contributed by atoms with E-state index in [1.165, 1.54) is 18.0 Å². The molecular weight excluding hydrogens is 242 g/mol. The Morgan fingerprint density at radius 3 is 2.94 bits per heavy atom. The van der Waals surface area contributed by atoms with Crippen LogP contribution in [0, 0.1) is 0 Å². The quantitative estimate of drug-likeness (QED) is 0.873. The highest BCUT2D eigenvalue weighted by molar-refractivity contribution is 8.01. The van der Waals surface area contributed by atoms with Crippen LogP contribution in [0.3, 0.4) is 0 Å². The van der Waals surface area contributed by atoms with E-state index in [0.717, 1.165) is 4.21 Å². The average Bonchev–Trinajstić information content (AvgIpc) is 2.73. The molecule has 0 atom stereocenters. The lowest BCUT2D eigenvalue weighted by Gasteiger charge is -2.03. The van der Waals surface area contributed by atoms with Gasteiger partial charge in [-0.2, -0.15) is 0 Å². The van der Waals surface area contributed by atoms with Crippen LogP contribution in [-0.2, 0) is 0 Å². The lowest BCUT2D eigenvalue weighted by Crippen LogP contribution is -2.13. The summed E-state index contributed by atoms with van der Waals surface area (Å²) in [6, 6.07) is 5.55. The minimum absolute atomic E-state index is 0.308. The lowest BCUT2D eigenvalue weighted by atomic mass is 10.2. The second-order valence-corrected chi connectivity index (χ2v) is 5.28. The molecule has 2 aromatic heterocycles. The van der Waals surface area contributed by atoms with E-state index in [2.05, 4.69) is 4.98 Å². The Morgan fingerprint density at radius 2 is 2.31 bits per heavy atom. The number of pyridine rings is 1. The molecule has 82 valence electrons. The highest BCUT2D eigenvalue weighted by Crippen LogP contribution is 2.30. The van der Waals surface area contributed by atoms with E-state index < -0.39 is 5.91 Å². The van der Waals surface area contributed by atoms with Crippen molar-refractivity contribution in [3.05, 3.63) is 35.3 Å². The zero-order valence-electron chi connectivity index (χ0n) is 8.21. The monoisotopic (exact) mass is 251 g/mol. The van der Waals surface area contributed by atoms with Crippen LogP contribution in [0.15, 0.2) is 39.0 Å². The van der Waals surface area contributed by atoms with Gasteiger partial charge in [-0.05, 0) is 17.5 Å². The van der Waals surface area contributed by atoms with Crippen LogP contribution in [-0.4, -0.2) is 10.9 Å². The Morgan fingerprint density at radius 1 is 1.50 bits per heavy atom. The molecule has 4 nitrogen and oxygen atoms in total. The molecule has 0 aliphatic carbocycles. The summed E-state index contributed by atoms with van der Waals surface area (Å²) in [6.45, 7) is 0. The first kappa shape index (κ1) is 11.0. The zero-order chi connectivity index (χ0) is 11.5. The lowest BCUT2D eigenvalue weighted by molar-refractivity contribution is 0.100. The zero-order valence-corrected chi connectivity index (χ0v) is 9.85. The van der Waals surface area contributed by atoms with E-state index in [-0.39, 0.29) is 0 Å². The number of amides is 1. The van der Waals surface area contributed by atoms with Gasteiger partial charge < -0.3 is 11.5 Å². The molecule has 0 aliphatic rings. The molecule has 0 unspecified atom stereocenters. The van der Waals surface area contributed by atoms with Gasteiger partial charge in [-0.3, -0.25) is 4.79 Å². The van der Waals surface area contributed by atoms with Gasteiger partial charge in [0, 0.05) is 0 Å². The number of primary amides is 1. The van der Waals surface area contributed by atoms with E-state index in [0.29, 0.717) is 16.3 Å². The molecular formula is C10H9N3OS2. The van der Waals surface area contributed by atoms with Gasteiger partial charge in [-0.1, -0.05) is 17.8 Å². The molecule has 0 aliphatic heterocycles. The largest absolute Gasteiger partial charge is 0.397 e. The fourth-order valence-electron chi connectivity index (χ4n) is 1.14. The number of hydrogen-bond donors (Lipinski definition) is 2. The number of aromatic nitrogens is 1. The predicted molar refractivity (Wildman–Crippen MR) is 65.6 cm³/mol.